The number of benzene rings is 2. The van der Waals surface area contributed by atoms with Crippen LogP contribution in [-0.4, -0.2) is 51.0 Å². The SMILES string of the molecule is CCOC(=O)C1=C(O)C(=Cc2ccc(N(C)C)cc2)SC1=Nc1ccc(OC)cc1OC. The molecule has 1 heterocycles. The smallest absolute Gasteiger partial charge is 0.344 e. The molecule has 0 aromatic heterocycles. The van der Waals surface area contributed by atoms with Crippen molar-refractivity contribution >= 4 is 40.2 Å². The van der Waals surface area contributed by atoms with Crippen LogP contribution in [0.3, 0.4) is 0 Å². The molecule has 0 atom stereocenters. The Hall–Kier alpha value is -3.39. The van der Waals surface area contributed by atoms with Crippen LogP contribution in [0.2, 0.25) is 0 Å². The number of carbonyl (C=O) groups excluding carboxylic acids is 1. The lowest BCUT2D eigenvalue weighted by atomic mass is 10.1. The van der Waals surface area contributed by atoms with E-state index in [0.717, 1.165) is 11.3 Å². The highest BCUT2D eigenvalue weighted by atomic mass is 32.2. The third kappa shape index (κ3) is 5.08. The second kappa shape index (κ2) is 10.3. The van der Waals surface area contributed by atoms with Gasteiger partial charge in [-0.2, -0.15) is 0 Å². The minimum Gasteiger partial charge on any atom is -0.506 e. The molecule has 2 aromatic carbocycles. The number of hydrogen-bond donors (Lipinski definition) is 1. The maximum atomic E-state index is 12.6. The van der Waals surface area contributed by atoms with E-state index in [0.29, 0.717) is 27.1 Å². The number of aliphatic imine (C=N–C) groups is 1. The van der Waals surface area contributed by atoms with E-state index in [1.165, 1.54) is 18.9 Å². The summed E-state index contributed by atoms with van der Waals surface area (Å²) in [5.41, 5.74) is 2.48. The summed E-state index contributed by atoms with van der Waals surface area (Å²) in [4.78, 5) is 19.7. The number of anilines is 1. The highest BCUT2D eigenvalue weighted by Crippen LogP contribution is 2.42. The van der Waals surface area contributed by atoms with Gasteiger partial charge in [0.25, 0.3) is 0 Å². The fourth-order valence-corrected chi connectivity index (χ4v) is 4.03. The molecule has 0 spiro atoms. The first-order valence-corrected chi connectivity index (χ1v) is 10.8. The van der Waals surface area contributed by atoms with Crippen LogP contribution in [0.4, 0.5) is 11.4 Å². The molecule has 0 saturated carbocycles. The molecule has 0 unspecified atom stereocenters. The normalized spacial score (nSPS) is 15.9. The minimum atomic E-state index is -0.630. The molecule has 1 N–H and O–H groups in total. The lowest BCUT2D eigenvalue weighted by Gasteiger charge is -2.11. The van der Waals surface area contributed by atoms with E-state index in [-0.39, 0.29) is 17.9 Å². The third-order valence-corrected chi connectivity index (χ3v) is 5.71. The summed E-state index contributed by atoms with van der Waals surface area (Å²) < 4.78 is 15.8. The van der Waals surface area contributed by atoms with Crippen molar-refractivity contribution in [2.75, 3.05) is 39.8 Å². The second-order valence-corrected chi connectivity index (χ2v) is 8.03. The predicted molar refractivity (Wildman–Crippen MR) is 129 cm³/mol. The van der Waals surface area contributed by atoms with E-state index < -0.39 is 5.97 Å². The molecule has 0 radical (unpaired) electrons. The zero-order chi connectivity index (χ0) is 23.3. The fourth-order valence-electron chi connectivity index (χ4n) is 3.00. The molecule has 32 heavy (non-hydrogen) atoms. The van der Waals surface area contributed by atoms with Gasteiger partial charge in [0, 0.05) is 25.8 Å². The van der Waals surface area contributed by atoms with Gasteiger partial charge in [0.05, 0.1) is 25.7 Å². The maximum absolute atomic E-state index is 12.6. The van der Waals surface area contributed by atoms with Crippen LogP contribution in [0.1, 0.15) is 12.5 Å². The van der Waals surface area contributed by atoms with Crippen LogP contribution < -0.4 is 14.4 Å². The Morgan fingerprint density at radius 1 is 1.12 bits per heavy atom. The summed E-state index contributed by atoms with van der Waals surface area (Å²) in [5, 5.41) is 11.2. The van der Waals surface area contributed by atoms with Gasteiger partial charge < -0.3 is 24.2 Å². The van der Waals surface area contributed by atoms with Gasteiger partial charge in [-0.3, -0.25) is 0 Å². The van der Waals surface area contributed by atoms with Crippen LogP contribution in [0.5, 0.6) is 11.5 Å². The molecule has 3 rings (SSSR count). The van der Waals surface area contributed by atoms with E-state index >= 15 is 0 Å². The fraction of sp³-hybridized carbons (Fsp3) is 0.250. The average Bonchev–Trinajstić information content (AvgIpc) is 3.09. The summed E-state index contributed by atoms with van der Waals surface area (Å²) in [6.07, 6.45) is 1.81. The highest BCUT2D eigenvalue weighted by Gasteiger charge is 2.33. The first-order chi connectivity index (χ1) is 15.4. The quantitative estimate of drug-likeness (QED) is 0.592. The molecule has 7 nitrogen and oxygen atoms in total. The van der Waals surface area contributed by atoms with Crippen molar-refractivity contribution in [3.05, 3.63) is 64.3 Å². The van der Waals surface area contributed by atoms with Crippen LogP contribution in [0.25, 0.3) is 6.08 Å². The lowest BCUT2D eigenvalue weighted by Crippen LogP contribution is -2.12. The minimum absolute atomic E-state index is 0.0332. The lowest BCUT2D eigenvalue weighted by molar-refractivity contribution is -0.138. The van der Waals surface area contributed by atoms with Gasteiger partial charge in [0.1, 0.15) is 33.6 Å². The number of thioether (sulfide) groups is 1. The largest absolute Gasteiger partial charge is 0.506 e. The van der Waals surface area contributed by atoms with Crippen molar-refractivity contribution in [3.63, 3.8) is 0 Å². The van der Waals surface area contributed by atoms with Crippen molar-refractivity contribution in [3.8, 4) is 11.5 Å². The van der Waals surface area contributed by atoms with E-state index in [9.17, 15) is 9.90 Å². The topological polar surface area (TPSA) is 80.6 Å². The zero-order valence-corrected chi connectivity index (χ0v) is 19.5. The summed E-state index contributed by atoms with van der Waals surface area (Å²) in [7, 11) is 7.03. The van der Waals surface area contributed by atoms with Crippen LogP contribution >= 0.6 is 11.8 Å². The highest BCUT2D eigenvalue weighted by molar-refractivity contribution is 8.18. The first kappa shape index (κ1) is 23.3. The Balaban J connectivity index is 2.03. The van der Waals surface area contributed by atoms with Crippen molar-refractivity contribution in [2.45, 2.75) is 6.92 Å². The van der Waals surface area contributed by atoms with E-state index in [1.54, 1.807) is 32.2 Å². The van der Waals surface area contributed by atoms with Gasteiger partial charge in [-0.1, -0.05) is 23.9 Å². The Bertz CT molecular complexity index is 1090. The molecule has 0 amide bonds. The number of nitrogens with zero attached hydrogens (tertiary/aromatic N) is 2. The Morgan fingerprint density at radius 2 is 1.84 bits per heavy atom. The van der Waals surface area contributed by atoms with Gasteiger partial charge in [-0.05, 0) is 42.8 Å². The molecule has 0 bridgehead atoms. The molecule has 0 fully saturated rings. The summed E-state index contributed by atoms with van der Waals surface area (Å²) in [5.74, 6) is 0.318. The van der Waals surface area contributed by atoms with E-state index in [4.69, 9.17) is 14.2 Å². The standard InChI is InChI=1S/C24H26N2O5S/c1-6-31-24(28)21-22(27)20(13-15-7-9-16(10-8-15)26(2)3)32-23(21)25-18-12-11-17(29-4)14-19(18)30-5/h7-14,27H,6H2,1-5H3. The zero-order valence-electron chi connectivity index (χ0n) is 18.7. The van der Waals surface area contributed by atoms with Crippen molar-refractivity contribution in [2.24, 2.45) is 4.99 Å². The number of carbonyl (C=O) groups is 1. The van der Waals surface area contributed by atoms with Gasteiger partial charge in [-0.15, -0.1) is 0 Å². The van der Waals surface area contributed by atoms with Crippen molar-refractivity contribution < 1.29 is 24.1 Å². The average molecular weight is 455 g/mol. The number of hydrogen-bond acceptors (Lipinski definition) is 8. The van der Waals surface area contributed by atoms with Crippen LogP contribution in [0.15, 0.2) is 63.7 Å². The second-order valence-electron chi connectivity index (χ2n) is 7.00. The molecular weight excluding hydrogens is 428 g/mol. The number of aliphatic hydroxyl groups is 1. The Labute approximate surface area is 192 Å². The molecule has 168 valence electrons. The van der Waals surface area contributed by atoms with Gasteiger partial charge in [0.15, 0.2) is 0 Å². The maximum Gasteiger partial charge on any atom is 0.344 e. The number of esters is 1. The first-order valence-electron chi connectivity index (χ1n) is 9.96. The van der Waals surface area contributed by atoms with Crippen molar-refractivity contribution in [1.29, 1.82) is 0 Å². The van der Waals surface area contributed by atoms with E-state index in [1.807, 2.05) is 49.3 Å². The van der Waals surface area contributed by atoms with Gasteiger partial charge >= 0.3 is 5.97 Å². The molecule has 8 heteroatoms. The van der Waals surface area contributed by atoms with Crippen LogP contribution in [0, 0.1) is 0 Å². The molecule has 0 aliphatic carbocycles. The monoisotopic (exact) mass is 454 g/mol. The molecule has 1 aliphatic rings. The number of methoxy groups -OCH3 is 2. The van der Waals surface area contributed by atoms with E-state index in [2.05, 4.69) is 4.99 Å². The Kier molecular flexibility index (Phi) is 7.48. The Morgan fingerprint density at radius 3 is 2.44 bits per heavy atom. The predicted octanol–water partition coefficient (Wildman–Crippen LogP) is 4.96. The van der Waals surface area contributed by atoms with Gasteiger partial charge in [-0.25, -0.2) is 9.79 Å². The number of ether oxygens (including phenoxy) is 3. The van der Waals surface area contributed by atoms with Crippen LogP contribution in [-0.2, 0) is 9.53 Å². The molecular formula is C24H26N2O5S. The van der Waals surface area contributed by atoms with Gasteiger partial charge in [0.2, 0.25) is 0 Å². The van der Waals surface area contributed by atoms with Crippen molar-refractivity contribution in [1.82, 2.24) is 0 Å². The molecule has 0 saturated heterocycles. The molecule has 1 aliphatic heterocycles. The number of aliphatic hydroxyl groups excluding tert-OH is 1. The summed E-state index contributed by atoms with van der Waals surface area (Å²) in [6, 6.07) is 13.0. The summed E-state index contributed by atoms with van der Waals surface area (Å²) in [6.45, 7) is 1.90. The number of rotatable bonds is 7. The molecule has 2 aromatic rings. The summed E-state index contributed by atoms with van der Waals surface area (Å²) >= 11 is 1.20. The third-order valence-electron chi connectivity index (χ3n) is 4.69.